The Morgan fingerprint density at radius 1 is 0.846 bits per heavy atom. The van der Waals surface area contributed by atoms with Crippen LogP contribution < -0.4 is 5.32 Å². The van der Waals surface area contributed by atoms with Gasteiger partial charge < -0.3 is 9.30 Å². The molecule has 1 aromatic heterocycles. The molecule has 0 bridgehead atoms. The number of halogens is 10. The Morgan fingerprint density at radius 2 is 1.46 bits per heavy atom. The Morgan fingerprint density at radius 3 is 2.03 bits per heavy atom. The van der Waals surface area contributed by atoms with Crippen molar-refractivity contribution in [2.45, 2.75) is 24.9 Å². The molecule has 1 atom stereocenters. The summed E-state index contributed by atoms with van der Waals surface area (Å²) < 4.78 is 89.4. The molecule has 4 rings (SSSR count). The van der Waals surface area contributed by atoms with Crippen LogP contribution in [0, 0.1) is 0 Å². The first kappa shape index (κ1) is 29.2. The maximum absolute atomic E-state index is 14.6. The fourth-order valence-electron chi connectivity index (χ4n) is 3.87. The summed E-state index contributed by atoms with van der Waals surface area (Å²) >= 11 is 24.0. The minimum atomic E-state index is -5.15. The monoisotopic (exact) mass is 628 g/mol. The highest BCUT2D eigenvalue weighted by Gasteiger charge is 2.57. The third-order valence-electron chi connectivity index (χ3n) is 5.81. The number of rotatable bonds is 4. The molecule has 1 N–H and O–H groups in total. The van der Waals surface area contributed by atoms with E-state index in [0.29, 0.717) is 19.1 Å². The van der Waals surface area contributed by atoms with Crippen molar-refractivity contribution in [3.05, 3.63) is 92.0 Å². The molecule has 39 heavy (non-hydrogen) atoms. The van der Waals surface area contributed by atoms with Gasteiger partial charge in [-0.05, 0) is 43.3 Å². The third kappa shape index (κ3) is 5.61. The van der Waals surface area contributed by atoms with Gasteiger partial charge in [0.25, 0.3) is 0 Å². The molecule has 1 heterocycles. The molecule has 0 fully saturated rings. The fourth-order valence-corrected chi connectivity index (χ4v) is 4.84. The van der Waals surface area contributed by atoms with Crippen LogP contribution in [0.5, 0.6) is 0 Å². The van der Waals surface area contributed by atoms with Crippen LogP contribution in [0.3, 0.4) is 0 Å². The third-order valence-corrected chi connectivity index (χ3v) is 7.13. The molecule has 1 unspecified atom stereocenters. The number of carbonyl (C=O) groups excluding carboxylic acids is 1. The number of ether oxygens (including phenoxy) is 1. The Kier molecular flexibility index (Phi) is 7.72. The summed E-state index contributed by atoms with van der Waals surface area (Å²) in [5, 5.41) is 1.42. The van der Waals surface area contributed by atoms with Gasteiger partial charge in [0.2, 0.25) is 5.60 Å². The lowest BCUT2D eigenvalue weighted by molar-refractivity contribution is -0.255. The summed E-state index contributed by atoms with van der Waals surface area (Å²) in [4.78, 5) is 12.6. The number of hydrogen-bond acceptors (Lipinski definition) is 2. The van der Waals surface area contributed by atoms with E-state index >= 15 is 0 Å². The molecule has 1 amide bonds. The number of anilines is 1. The molecule has 0 radical (unpaired) electrons. The van der Waals surface area contributed by atoms with Crippen LogP contribution in [0.2, 0.25) is 20.1 Å². The highest BCUT2D eigenvalue weighted by Crippen LogP contribution is 2.47. The molecule has 3 aromatic carbocycles. The van der Waals surface area contributed by atoms with Crippen LogP contribution in [0.15, 0.2) is 60.8 Å². The molecule has 0 saturated carbocycles. The average Bonchev–Trinajstić information content (AvgIpc) is 3.19. The molecular formula is C25H14Cl4F6N2O2. The molecule has 4 aromatic rings. The summed E-state index contributed by atoms with van der Waals surface area (Å²) in [5.74, 6) is 0. The Hall–Kier alpha value is -2.79. The van der Waals surface area contributed by atoms with Crippen molar-refractivity contribution >= 4 is 69.1 Å². The molecule has 0 spiro atoms. The number of alkyl halides is 6. The molecular weight excluding hydrogens is 616 g/mol. The van der Waals surface area contributed by atoms with Gasteiger partial charge in [-0.1, -0.05) is 64.6 Å². The van der Waals surface area contributed by atoms with Crippen molar-refractivity contribution in [2.75, 3.05) is 5.32 Å². The van der Waals surface area contributed by atoms with E-state index in [9.17, 15) is 31.1 Å². The first-order valence-electron chi connectivity index (χ1n) is 10.7. The molecule has 0 aliphatic rings. The average molecular weight is 630 g/mol. The second kappa shape index (κ2) is 10.3. The van der Waals surface area contributed by atoms with Crippen LogP contribution >= 0.6 is 46.4 Å². The zero-order chi connectivity index (χ0) is 28.9. The first-order valence-corrected chi connectivity index (χ1v) is 12.2. The summed E-state index contributed by atoms with van der Waals surface area (Å²) in [7, 11) is 0. The van der Waals surface area contributed by atoms with E-state index in [2.05, 4.69) is 5.32 Å². The van der Waals surface area contributed by atoms with Crippen LogP contribution in [-0.2, 0) is 16.5 Å². The molecule has 0 saturated heterocycles. The molecule has 4 nitrogen and oxygen atoms in total. The fraction of sp³-hybridized carbons (Fsp3) is 0.160. The SMILES string of the molecule is CC(OC(=O)Nc1ccc(Cl)c(Cl)c1)(c1cn(-c2c(Cl)cc(C(F)(F)F)cc2Cl)c2ccccc12)C(F)(F)F. The number of nitrogens with one attached hydrogen (secondary N) is 1. The van der Waals surface area contributed by atoms with Crippen LogP contribution in [0.25, 0.3) is 16.6 Å². The Labute approximate surface area is 237 Å². The highest BCUT2D eigenvalue weighted by molar-refractivity contribution is 6.42. The maximum atomic E-state index is 14.6. The van der Waals surface area contributed by atoms with Crippen molar-refractivity contribution < 1.29 is 35.9 Å². The lowest BCUT2D eigenvalue weighted by atomic mass is 9.94. The second-order valence-corrected chi connectivity index (χ2v) is 10.0. The molecule has 206 valence electrons. The van der Waals surface area contributed by atoms with Gasteiger partial charge in [-0.15, -0.1) is 0 Å². The number of para-hydroxylation sites is 1. The quantitative estimate of drug-likeness (QED) is 0.228. The van der Waals surface area contributed by atoms with Crippen LogP contribution in [0.1, 0.15) is 18.1 Å². The standard InChI is InChI=1S/C25H14Cl4F6N2O2/c1-23(25(33,34)35,39-22(38)36-13-6-7-16(26)17(27)10-13)15-11-37(20-5-3-2-4-14(15)20)21-18(28)8-12(9-19(21)29)24(30,31)32/h2-11H,1H3,(H,36,38). The number of hydrogen-bond donors (Lipinski definition) is 1. The van der Waals surface area contributed by atoms with E-state index in [-0.39, 0.29) is 32.3 Å². The number of amides is 1. The Balaban J connectivity index is 1.84. The van der Waals surface area contributed by atoms with Gasteiger partial charge in [0, 0.05) is 22.8 Å². The van der Waals surface area contributed by atoms with Crippen molar-refractivity contribution in [3.8, 4) is 5.69 Å². The summed E-state index contributed by atoms with van der Waals surface area (Å²) in [6, 6.07) is 10.8. The van der Waals surface area contributed by atoms with Gasteiger partial charge in [0.1, 0.15) is 0 Å². The molecule has 0 aliphatic heterocycles. The highest BCUT2D eigenvalue weighted by atomic mass is 35.5. The second-order valence-electron chi connectivity index (χ2n) is 8.39. The van der Waals surface area contributed by atoms with Crippen molar-refractivity contribution in [2.24, 2.45) is 0 Å². The predicted molar refractivity (Wildman–Crippen MR) is 138 cm³/mol. The van der Waals surface area contributed by atoms with Gasteiger partial charge in [-0.3, -0.25) is 5.32 Å². The normalized spacial score (nSPS) is 13.8. The lowest BCUT2D eigenvalue weighted by Crippen LogP contribution is -2.44. The number of aromatic nitrogens is 1. The van der Waals surface area contributed by atoms with E-state index in [1.807, 2.05) is 0 Å². The maximum Gasteiger partial charge on any atom is 0.432 e. The van der Waals surface area contributed by atoms with Crippen molar-refractivity contribution in [1.82, 2.24) is 4.57 Å². The number of carbonyl (C=O) groups is 1. The van der Waals surface area contributed by atoms with E-state index in [0.717, 1.165) is 10.8 Å². The summed E-state index contributed by atoms with van der Waals surface area (Å²) in [6.45, 7) is 0.642. The Bertz CT molecular complexity index is 1560. The number of benzene rings is 3. The van der Waals surface area contributed by atoms with E-state index in [1.54, 1.807) is 0 Å². The van der Waals surface area contributed by atoms with E-state index in [1.165, 1.54) is 42.5 Å². The topological polar surface area (TPSA) is 43.3 Å². The van der Waals surface area contributed by atoms with Gasteiger partial charge in [-0.25, -0.2) is 4.79 Å². The minimum Gasteiger partial charge on any atom is -0.428 e. The first-order chi connectivity index (χ1) is 18.0. The van der Waals surface area contributed by atoms with Crippen LogP contribution in [-0.4, -0.2) is 16.8 Å². The minimum absolute atomic E-state index is 0.0182. The lowest BCUT2D eigenvalue weighted by Gasteiger charge is -2.31. The summed E-state index contributed by atoms with van der Waals surface area (Å²) in [5.41, 5.74) is -4.96. The van der Waals surface area contributed by atoms with Gasteiger partial charge in [0.15, 0.2) is 0 Å². The number of fused-ring (bicyclic) bond motifs is 1. The van der Waals surface area contributed by atoms with Crippen molar-refractivity contribution in [1.29, 1.82) is 0 Å². The predicted octanol–water partition coefficient (Wildman–Crippen LogP) is 10.3. The van der Waals surface area contributed by atoms with Gasteiger partial charge >= 0.3 is 18.4 Å². The van der Waals surface area contributed by atoms with Gasteiger partial charge in [-0.2, -0.15) is 26.3 Å². The van der Waals surface area contributed by atoms with E-state index < -0.39 is 45.2 Å². The largest absolute Gasteiger partial charge is 0.432 e. The van der Waals surface area contributed by atoms with E-state index in [4.69, 9.17) is 51.1 Å². The van der Waals surface area contributed by atoms with Gasteiger partial charge in [0.05, 0.1) is 36.9 Å². The van der Waals surface area contributed by atoms with Crippen LogP contribution in [0.4, 0.5) is 36.8 Å². The zero-order valence-corrected chi connectivity index (χ0v) is 22.3. The van der Waals surface area contributed by atoms with Crippen molar-refractivity contribution in [3.63, 3.8) is 0 Å². The smallest absolute Gasteiger partial charge is 0.428 e. The summed E-state index contributed by atoms with van der Waals surface area (Å²) in [6.07, 6.45) is -10.4. The zero-order valence-electron chi connectivity index (χ0n) is 19.3. The number of nitrogens with zero attached hydrogens (tertiary/aromatic N) is 1. The molecule has 14 heteroatoms. The molecule has 0 aliphatic carbocycles.